The van der Waals surface area contributed by atoms with E-state index in [1.807, 2.05) is 18.9 Å². The predicted octanol–water partition coefficient (Wildman–Crippen LogP) is 5.37. The molecule has 0 bridgehead atoms. The summed E-state index contributed by atoms with van der Waals surface area (Å²) >= 11 is 0. The van der Waals surface area contributed by atoms with Gasteiger partial charge in [-0.25, -0.2) is 5.06 Å². The Morgan fingerprint density at radius 3 is 1.38 bits per heavy atom. The van der Waals surface area contributed by atoms with Crippen molar-refractivity contribution in [3.63, 3.8) is 0 Å². The van der Waals surface area contributed by atoms with Gasteiger partial charge in [0.25, 0.3) is 0 Å². The lowest BCUT2D eigenvalue weighted by Crippen LogP contribution is -2.35. The first-order valence-electron chi connectivity index (χ1n) is 10.1. The Kier molecular flexibility index (Phi) is 20.5. The molecule has 0 unspecified atom stereocenters. The highest BCUT2D eigenvalue weighted by Gasteiger charge is 2.20. The second-order valence-corrected chi connectivity index (χ2v) is 7.65. The molecule has 1 N–H and O–H groups in total. The standard InChI is InChI=1S/C7H15NO.C6H12N2O.C6H13NO.3CH4/c1-7(2)8-5-3-4-6-9-8;1-5(2)8-6(7)3-4-9-8;1-6(2)7-4-3-5-8-7;;;/h7H,3-6H2,1-2H3;5,7H,3-4H2,1-2H3;6H,3-5H2,1-2H3;3*1H4. The van der Waals surface area contributed by atoms with Crippen molar-refractivity contribution >= 4 is 5.84 Å². The molecule has 0 amide bonds. The Bertz CT molecular complexity index is 380. The lowest BCUT2D eigenvalue weighted by Gasteiger charge is -2.29. The Balaban J connectivity index is -0.000000333. The minimum atomic E-state index is 0. The van der Waals surface area contributed by atoms with Crippen LogP contribution in [0.25, 0.3) is 0 Å². The molecular formula is C22H52N4O3. The van der Waals surface area contributed by atoms with Gasteiger partial charge in [-0.2, -0.15) is 10.1 Å². The molecule has 0 spiro atoms. The van der Waals surface area contributed by atoms with Crippen molar-refractivity contribution in [1.29, 1.82) is 5.41 Å². The van der Waals surface area contributed by atoms with Gasteiger partial charge >= 0.3 is 0 Å². The van der Waals surface area contributed by atoms with E-state index in [4.69, 9.17) is 19.9 Å². The van der Waals surface area contributed by atoms with Gasteiger partial charge in [0.15, 0.2) is 0 Å². The minimum absolute atomic E-state index is 0. The maximum Gasteiger partial charge on any atom is 0.123 e. The number of hydroxylamine groups is 6. The molecule has 3 saturated heterocycles. The highest BCUT2D eigenvalue weighted by Crippen LogP contribution is 2.10. The van der Waals surface area contributed by atoms with Gasteiger partial charge in [-0.15, -0.1) is 0 Å². The molecule has 3 fully saturated rings. The third-order valence-corrected chi connectivity index (χ3v) is 4.27. The van der Waals surface area contributed by atoms with Crippen molar-refractivity contribution in [2.75, 3.05) is 32.9 Å². The second-order valence-electron chi connectivity index (χ2n) is 7.65. The average molecular weight is 421 g/mol. The summed E-state index contributed by atoms with van der Waals surface area (Å²) < 4.78 is 0. The lowest BCUT2D eigenvalue weighted by atomic mass is 10.2. The van der Waals surface area contributed by atoms with Crippen molar-refractivity contribution in [2.24, 2.45) is 0 Å². The third-order valence-electron chi connectivity index (χ3n) is 4.27. The van der Waals surface area contributed by atoms with Gasteiger partial charge in [-0.3, -0.25) is 19.9 Å². The number of nitrogens with one attached hydrogen (secondary N) is 1. The van der Waals surface area contributed by atoms with Crippen LogP contribution in [-0.4, -0.2) is 72.1 Å². The molecule has 0 aromatic heterocycles. The van der Waals surface area contributed by atoms with E-state index in [-0.39, 0.29) is 22.3 Å². The van der Waals surface area contributed by atoms with E-state index < -0.39 is 0 Å². The summed E-state index contributed by atoms with van der Waals surface area (Å²) in [6, 6.07) is 1.41. The molecule has 7 heteroatoms. The Morgan fingerprint density at radius 2 is 1.14 bits per heavy atom. The number of hydrogen-bond acceptors (Lipinski definition) is 6. The number of rotatable bonds is 3. The first-order chi connectivity index (χ1) is 12.3. The van der Waals surface area contributed by atoms with Crippen molar-refractivity contribution in [2.45, 2.75) is 108 Å². The highest BCUT2D eigenvalue weighted by molar-refractivity contribution is 5.79. The normalized spacial score (nSPS) is 19.6. The van der Waals surface area contributed by atoms with E-state index in [0.717, 1.165) is 32.7 Å². The maximum absolute atomic E-state index is 7.34. The maximum atomic E-state index is 7.34. The van der Waals surface area contributed by atoms with Crippen LogP contribution in [0.15, 0.2) is 0 Å². The van der Waals surface area contributed by atoms with Crippen LogP contribution in [-0.2, 0) is 14.5 Å². The first-order valence-corrected chi connectivity index (χ1v) is 10.1. The zero-order valence-corrected chi connectivity index (χ0v) is 17.7. The SMILES string of the molecule is C.C.C.CC(C)N1CCCCO1.CC(C)N1CCCO1.CC(C)N1OCCC1=N. The molecule has 3 rings (SSSR count). The fourth-order valence-corrected chi connectivity index (χ4v) is 2.79. The van der Waals surface area contributed by atoms with E-state index in [9.17, 15) is 0 Å². The Hall–Kier alpha value is -0.730. The molecule has 7 nitrogen and oxygen atoms in total. The summed E-state index contributed by atoms with van der Waals surface area (Å²) in [5.74, 6) is 0.602. The summed E-state index contributed by atoms with van der Waals surface area (Å²) in [5, 5.41) is 13.1. The number of hydrogen-bond donors (Lipinski definition) is 1. The molecule has 178 valence electrons. The topological polar surface area (TPSA) is 61.3 Å². The molecule has 29 heavy (non-hydrogen) atoms. The monoisotopic (exact) mass is 420 g/mol. The van der Waals surface area contributed by atoms with Gasteiger partial charge in [0.1, 0.15) is 5.84 Å². The molecule has 0 aromatic carbocycles. The van der Waals surface area contributed by atoms with Crippen LogP contribution in [0.4, 0.5) is 0 Å². The van der Waals surface area contributed by atoms with Gasteiger partial charge in [-0.05, 0) is 60.8 Å². The molecule has 3 heterocycles. The summed E-state index contributed by atoms with van der Waals surface area (Å²) in [5.41, 5.74) is 0. The van der Waals surface area contributed by atoms with Crippen molar-refractivity contribution in [3.05, 3.63) is 0 Å². The minimum Gasteiger partial charge on any atom is -0.299 e. The highest BCUT2D eigenvalue weighted by atomic mass is 16.7. The van der Waals surface area contributed by atoms with Gasteiger partial charge in [0.2, 0.25) is 0 Å². The number of nitrogens with zero attached hydrogens (tertiary/aromatic N) is 3. The molecule has 3 aliphatic rings. The van der Waals surface area contributed by atoms with Crippen LogP contribution in [0.1, 0.15) is 89.5 Å². The van der Waals surface area contributed by atoms with Gasteiger partial charge in [-0.1, -0.05) is 22.3 Å². The molecule has 0 atom stereocenters. The lowest BCUT2D eigenvalue weighted by molar-refractivity contribution is -0.199. The first kappa shape index (κ1) is 32.9. The summed E-state index contributed by atoms with van der Waals surface area (Å²) in [7, 11) is 0. The molecule has 0 aliphatic carbocycles. The van der Waals surface area contributed by atoms with E-state index in [1.165, 1.54) is 19.3 Å². The smallest absolute Gasteiger partial charge is 0.123 e. The zero-order chi connectivity index (χ0) is 19.5. The quantitative estimate of drug-likeness (QED) is 0.662. The van der Waals surface area contributed by atoms with Crippen LogP contribution >= 0.6 is 0 Å². The van der Waals surface area contributed by atoms with E-state index in [2.05, 4.69) is 32.8 Å². The van der Waals surface area contributed by atoms with Crippen molar-refractivity contribution in [1.82, 2.24) is 15.2 Å². The van der Waals surface area contributed by atoms with Crippen LogP contribution in [0.5, 0.6) is 0 Å². The molecular weight excluding hydrogens is 368 g/mol. The third kappa shape index (κ3) is 13.2. The number of amidine groups is 1. The fraction of sp³-hybridized carbons (Fsp3) is 0.955. The summed E-state index contributed by atoms with van der Waals surface area (Å²) in [4.78, 5) is 15.8. The van der Waals surface area contributed by atoms with Crippen LogP contribution in [0, 0.1) is 5.41 Å². The Morgan fingerprint density at radius 1 is 0.655 bits per heavy atom. The largest absolute Gasteiger partial charge is 0.299 e. The predicted molar refractivity (Wildman–Crippen MR) is 125 cm³/mol. The summed E-state index contributed by atoms with van der Waals surface area (Å²) in [6.07, 6.45) is 4.47. The zero-order valence-electron chi connectivity index (χ0n) is 17.7. The molecule has 0 radical (unpaired) electrons. The van der Waals surface area contributed by atoms with E-state index in [0.29, 0.717) is 30.6 Å². The average Bonchev–Trinajstić information content (AvgIpc) is 3.28. The van der Waals surface area contributed by atoms with Crippen molar-refractivity contribution in [3.8, 4) is 0 Å². The van der Waals surface area contributed by atoms with E-state index >= 15 is 0 Å². The molecule has 0 aromatic rings. The fourth-order valence-electron chi connectivity index (χ4n) is 2.79. The van der Waals surface area contributed by atoms with Crippen molar-refractivity contribution < 1.29 is 14.5 Å². The van der Waals surface area contributed by atoms with Gasteiger partial charge in [0, 0.05) is 31.6 Å². The van der Waals surface area contributed by atoms with Crippen LogP contribution < -0.4 is 0 Å². The van der Waals surface area contributed by atoms with Crippen LogP contribution in [0.2, 0.25) is 0 Å². The van der Waals surface area contributed by atoms with E-state index in [1.54, 1.807) is 5.06 Å². The Labute approximate surface area is 182 Å². The summed E-state index contributed by atoms with van der Waals surface area (Å²) in [6.45, 7) is 17.4. The molecule has 0 saturated carbocycles. The van der Waals surface area contributed by atoms with Gasteiger partial charge < -0.3 is 0 Å². The second kappa shape index (κ2) is 18.1. The molecule has 3 aliphatic heterocycles. The van der Waals surface area contributed by atoms with Crippen LogP contribution in [0.3, 0.4) is 0 Å². The van der Waals surface area contributed by atoms with Gasteiger partial charge in [0.05, 0.1) is 25.9 Å².